The van der Waals surface area contributed by atoms with Crippen molar-refractivity contribution in [1.82, 2.24) is 14.9 Å². The summed E-state index contributed by atoms with van der Waals surface area (Å²) < 4.78 is 11.4. The number of rotatable bonds is 5. The van der Waals surface area contributed by atoms with Gasteiger partial charge in [-0.05, 0) is 24.5 Å². The zero-order chi connectivity index (χ0) is 22.5. The van der Waals surface area contributed by atoms with Crippen molar-refractivity contribution < 1.29 is 29.1 Å². The number of amides is 1. The molecule has 0 aliphatic carbocycles. The highest BCUT2D eigenvalue weighted by molar-refractivity contribution is 6.46. The van der Waals surface area contributed by atoms with Crippen LogP contribution in [0.5, 0.6) is 11.5 Å². The zero-order valence-corrected chi connectivity index (χ0v) is 17.5. The number of hydrogen-bond acceptors (Lipinski definition) is 7. The minimum absolute atomic E-state index is 0.0769. The number of carbonyl (C=O) groups excluding carboxylic acids is 1. The summed E-state index contributed by atoms with van der Waals surface area (Å²) in [5.74, 6) is -1.48. The Morgan fingerprint density at radius 3 is 2.71 bits per heavy atom. The molecule has 0 bridgehead atoms. The number of aromatic nitrogens is 2. The van der Waals surface area contributed by atoms with Gasteiger partial charge < -0.3 is 35.1 Å². The Labute approximate surface area is 179 Å². The fourth-order valence-corrected chi connectivity index (χ4v) is 3.97. The molecule has 2 aliphatic rings. The van der Waals surface area contributed by atoms with Gasteiger partial charge in [0, 0.05) is 12.0 Å². The molecule has 4 rings (SSSR count). The number of aromatic amines is 1. The second-order valence-electron chi connectivity index (χ2n) is 8.43. The van der Waals surface area contributed by atoms with Gasteiger partial charge in [-0.3, -0.25) is 4.79 Å². The quantitative estimate of drug-likeness (QED) is 0.514. The summed E-state index contributed by atoms with van der Waals surface area (Å²) in [5, 5.41) is 19.9. The third kappa shape index (κ3) is 3.53. The lowest BCUT2D eigenvalue weighted by molar-refractivity contribution is -0.145. The molecule has 1 aromatic carbocycles. The Morgan fingerprint density at radius 1 is 1.39 bits per heavy atom. The molecule has 2 aromatic rings. The minimum Gasteiger partial charge on any atom is -0.535 e. The molecule has 2 aliphatic heterocycles. The molecule has 1 aromatic heterocycles. The fourth-order valence-electron chi connectivity index (χ4n) is 3.97. The number of H-pyrrole nitrogens is 1. The van der Waals surface area contributed by atoms with Gasteiger partial charge in [-0.2, -0.15) is 0 Å². The van der Waals surface area contributed by atoms with E-state index in [0.29, 0.717) is 11.3 Å². The topological polar surface area (TPSA) is 151 Å². The smallest absolute Gasteiger partial charge is 0.526 e. The Morgan fingerprint density at radius 2 is 2.10 bits per heavy atom. The van der Waals surface area contributed by atoms with E-state index in [9.17, 15) is 19.7 Å². The number of hydrogen-bond donors (Lipinski definition) is 4. The van der Waals surface area contributed by atoms with Crippen LogP contribution in [0.1, 0.15) is 48.3 Å². The lowest BCUT2D eigenvalue weighted by atomic mass is 9.62. The number of nitrogens with zero attached hydrogens (tertiary/aromatic N) is 2. The average Bonchev–Trinajstić information content (AvgIpc) is 3.23. The van der Waals surface area contributed by atoms with E-state index >= 15 is 0 Å². The molecule has 164 valence electrons. The van der Waals surface area contributed by atoms with Gasteiger partial charge in [0.2, 0.25) is 5.91 Å². The first-order valence-electron chi connectivity index (χ1n) is 10.1. The lowest BCUT2D eigenvalue weighted by Gasteiger charge is -2.42. The van der Waals surface area contributed by atoms with Crippen LogP contribution >= 0.6 is 0 Å². The predicted molar refractivity (Wildman–Crippen MR) is 111 cm³/mol. The molecule has 11 heteroatoms. The second-order valence-corrected chi connectivity index (χ2v) is 8.43. The molecule has 1 fully saturated rings. The summed E-state index contributed by atoms with van der Waals surface area (Å²) in [7, 11) is -1.10. The molecule has 31 heavy (non-hydrogen) atoms. The van der Waals surface area contributed by atoms with E-state index < -0.39 is 18.6 Å². The maximum absolute atomic E-state index is 12.8. The molecular weight excluding hydrogens is 403 g/mol. The molecule has 1 saturated heterocycles. The minimum atomic E-state index is -1.28. The summed E-state index contributed by atoms with van der Waals surface area (Å²) in [4.78, 5) is 33.1. The molecule has 3 atom stereocenters. The number of ether oxygens (including phenoxy) is 1. The van der Waals surface area contributed by atoms with Crippen LogP contribution < -0.4 is 15.1 Å². The Kier molecular flexibility index (Phi) is 5.18. The first kappa shape index (κ1) is 21.2. The van der Waals surface area contributed by atoms with Gasteiger partial charge in [-0.15, -0.1) is 0 Å². The number of fused-ring (bicyclic) bond motifs is 1. The van der Waals surface area contributed by atoms with Crippen molar-refractivity contribution in [2.75, 3.05) is 13.1 Å². The van der Waals surface area contributed by atoms with Crippen LogP contribution in [-0.4, -0.2) is 63.2 Å². The maximum atomic E-state index is 12.8. The normalized spacial score (nSPS) is 22.7. The van der Waals surface area contributed by atoms with Gasteiger partial charge >= 0.3 is 13.1 Å². The highest BCUT2D eigenvalue weighted by Gasteiger charge is 2.44. The van der Waals surface area contributed by atoms with Gasteiger partial charge in [-0.1, -0.05) is 19.9 Å². The largest absolute Gasteiger partial charge is 0.535 e. The summed E-state index contributed by atoms with van der Waals surface area (Å²) >= 11 is 0. The van der Waals surface area contributed by atoms with Crippen LogP contribution in [0.3, 0.4) is 0 Å². The fraction of sp³-hybridized carbons (Fsp3) is 0.450. The van der Waals surface area contributed by atoms with Crippen molar-refractivity contribution in [1.29, 1.82) is 0 Å². The Bertz CT molecular complexity index is 1010. The standard InChI is InChI=1S/C20H25BN4O6/c1-10-11(2)21(29)31-17-13(10)4-5-14(16(17)18(26)27)30-12-7-25(8-12)19(28)20(3,22)15-6-23-9-24-15/h4-6,9-12,29H,7-8,22H2,1-3H3,(H,23,24)(H,26,27)/t10-,11+,20?/m0/s1. The second kappa shape index (κ2) is 7.58. The number of benzene rings is 1. The van der Waals surface area contributed by atoms with Crippen LogP contribution in [0.25, 0.3) is 0 Å². The lowest BCUT2D eigenvalue weighted by Crippen LogP contribution is -2.62. The molecule has 10 nitrogen and oxygen atoms in total. The van der Waals surface area contributed by atoms with Gasteiger partial charge in [-0.25, -0.2) is 9.78 Å². The number of aromatic carboxylic acids is 1. The van der Waals surface area contributed by atoms with Gasteiger partial charge in [0.25, 0.3) is 0 Å². The first-order chi connectivity index (χ1) is 14.6. The van der Waals surface area contributed by atoms with Crippen molar-refractivity contribution in [2.45, 2.75) is 44.1 Å². The Hall–Kier alpha value is -3.05. The molecule has 5 N–H and O–H groups in total. The van der Waals surface area contributed by atoms with E-state index in [4.69, 9.17) is 15.1 Å². The highest BCUT2D eigenvalue weighted by atomic mass is 16.5. The summed E-state index contributed by atoms with van der Waals surface area (Å²) in [5.41, 5.74) is 5.92. The van der Waals surface area contributed by atoms with E-state index in [1.54, 1.807) is 30.2 Å². The van der Waals surface area contributed by atoms with Crippen molar-refractivity contribution in [2.24, 2.45) is 5.73 Å². The molecular formula is C20H25BN4O6. The van der Waals surface area contributed by atoms with Crippen LogP contribution in [0, 0.1) is 0 Å². The monoisotopic (exact) mass is 428 g/mol. The molecule has 0 spiro atoms. The van der Waals surface area contributed by atoms with Crippen molar-refractivity contribution in [3.63, 3.8) is 0 Å². The van der Waals surface area contributed by atoms with E-state index in [1.807, 2.05) is 13.8 Å². The molecule has 3 heterocycles. The molecule has 0 saturated carbocycles. The highest BCUT2D eigenvalue weighted by Crippen LogP contribution is 2.45. The van der Waals surface area contributed by atoms with Crippen LogP contribution in [0.2, 0.25) is 5.82 Å². The number of imidazole rings is 1. The van der Waals surface area contributed by atoms with Crippen molar-refractivity contribution >= 4 is 19.0 Å². The summed E-state index contributed by atoms with van der Waals surface area (Å²) in [6.07, 6.45) is 2.65. The van der Waals surface area contributed by atoms with Gasteiger partial charge in [0.1, 0.15) is 28.7 Å². The number of carbonyl (C=O) groups is 2. The van der Waals surface area contributed by atoms with Crippen molar-refractivity contribution in [3.05, 3.63) is 41.5 Å². The number of nitrogens with one attached hydrogen (secondary N) is 1. The predicted octanol–water partition coefficient (Wildman–Crippen LogP) is 0.938. The summed E-state index contributed by atoms with van der Waals surface area (Å²) in [6, 6.07) is 3.37. The first-order valence-corrected chi connectivity index (χ1v) is 10.1. The SMILES string of the molecule is C[C@@H]1c2ccc(OC3CN(C(=O)C(C)(N)c4c[nH]cn4)C3)c(C(=O)O)c2OB(O)[C@@H]1C. The zero-order valence-electron chi connectivity index (χ0n) is 17.5. The van der Waals surface area contributed by atoms with Crippen LogP contribution in [0.15, 0.2) is 24.7 Å². The van der Waals surface area contributed by atoms with Gasteiger partial charge in [0.05, 0.1) is 25.1 Å². The van der Waals surface area contributed by atoms with Gasteiger partial charge in [0.15, 0.2) is 0 Å². The third-order valence-electron chi connectivity index (χ3n) is 6.23. The number of likely N-dealkylation sites (tertiary alicyclic amines) is 1. The Balaban J connectivity index is 1.50. The van der Waals surface area contributed by atoms with Crippen molar-refractivity contribution in [3.8, 4) is 11.5 Å². The molecule has 1 amide bonds. The van der Waals surface area contributed by atoms with E-state index in [1.165, 1.54) is 6.33 Å². The third-order valence-corrected chi connectivity index (χ3v) is 6.23. The molecule has 0 radical (unpaired) electrons. The van der Waals surface area contributed by atoms with E-state index in [2.05, 4.69) is 9.97 Å². The summed E-state index contributed by atoms with van der Waals surface area (Å²) in [6.45, 7) is 5.89. The number of carboxylic acid groups (broad SMARTS) is 1. The number of nitrogens with two attached hydrogens (primary N) is 1. The number of carboxylic acids is 1. The van der Waals surface area contributed by atoms with E-state index in [-0.39, 0.29) is 53.9 Å². The van der Waals surface area contributed by atoms with E-state index in [0.717, 1.165) is 0 Å². The maximum Gasteiger partial charge on any atom is 0.526 e. The average molecular weight is 428 g/mol. The van der Waals surface area contributed by atoms with Crippen LogP contribution in [-0.2, 0) is 10.3 Å². The van der Waals surface area contributed by atoms with Crippen LogP contribution in [0.4, 0.5) is 0 Å². The molecule has 1 unspecified atom stereocenters.